The second-order valence-electron chi connectivity index (χ2n) is 11.8. The van der Waals surface area contributed by atoms with E-state index in [1.54, 1.807) is 17.8 Å². The van der Waals surface area contributed by atoms with Gasteiger partial charge in [-0.3, -0.25) is 9.36 Å². The number of hydrogen-bond acceptors (Lipinski definition) is 8. The first kappa shape index (κ1) is 23.7. The number of ether oxygens (including phenoxy) is 2. The Balaban J connectivity index is 1.06. The lowest BCUT2D eigenvalue weighted by Gasteiger charge is -2.57. The lowest BCUT2D eigenvalue weighted by molar-refractivity contribution is -0.156. The molecule has 4 saturated carbocycles. The monoisotopic (exact) mass is 493 g/mol. The summed E-state index contributed by atoms with van der Waals surface area (Å²) in [5, 5.41) is 10.8. The topological polar surface area (TPSA) is 125 Å². The summed E-state index contributed by atoms with van der Waals surface area (Å²) >= 11 is 0. The van der Waals surface area contributed by atoms with E-state index in [-0.39, 0.29) is 24.8 Å². The highest BCUT2D eigenvalue weighted by molar-refractivity contribution is 5.81. The molecule has 0 spiro atoms. The van der Waals surface area contributed by atoms with Crippen molar-refractivity contribution in [1.82, 2.24) is 19.5 Å². The first-order chi connectivity index (χ1) is 17.3. The molecule has 0 aromatic carbocycles. The third kappa shape index (κ3) is 4.04. The molecule has 2 aromatic heterocycles. The minimum absolute atomic E-state index is 0.194. The fourth-order valence-corrected chi connectivity index (χ4v) is 7.95. The van der Waals surface area contributed by atoms with Crippen LogP contribution in [0.1, 0.15) is 76.3 Å². The number of terminal acetylenes is 1. The normalized spacial score (nSPS) is 36.9. The highest BCUT2D eigenvalue weighted by Crippen LogP contribution is 2.61. The molecule has 0 amide bonds. The number of hydrogen-bond donors (Lipinski definition) is 2. The van der Waals surface area contributed by atoms with Gasteiger partial charge in [-0.2, -0.15) is 0 Å². The number of aliphatic hydroxyl groups is 1. The minimum Gasteiger partial charge on any atom is -0.461 e. The van der Waals surface area contributed by atoms with Gasteiger partial charge in [0, 0.05) is 12.8 Å². The van der Waals surface area contributed by atoms with E-state index in [1.165, 1.54) is 38.5 Å². The van der Waals surface area contributed by atoms with Gasteiger partial charge < -0.3 is 20.3 Å². The van der Waals surface area contributed by atoms with E-state index in [0.29, 0.717) is 28.8 Å². The summed E-state index contributed by atoms with van der Waals surface area (Å²) in [6.45, 7) is 1.55. The molecule has 5 aliphatic rings. The maximum absolute atomic E-state index is 12.6. The van der Waals surface area contributed by atoms with Crippen molar-refractivity contribution in [3.63, 3.8) is 0 Å². The van der Waals surface area contributed by atoms with E-state index in [1.807, 2.05) is 0 Å². The number of carbonyl (C=O) groups excluding carboxylic acids is 1. The van der Waals surface area contributed by atoms with Crippen LogP contribution in [0.3, 0.4) is 0 Å². The summed E-state index contributed by atoms with van der Waals surface area (Å²) < 4.78 is 13.4. The van der Waals surface area contributed by atoms with E-state index >= 15 is 0 Å². The minimum atomic E-state index is -1.43. The number of nitrogens with zero attached hydrogens (tertiary/aromatic N) is 4. The molecular formula is C27H35N5O4. The van der Waals surface area contributed by atoms with E-state index < -0.39 is 17.9 Å². The van der Waals surface area contributed by atoms with Gasteiger partial charge >= 0.3 is 5.97 Å². The van der Waals surface area contributed by atoms with Crippen molar-refractivity contribution < 1.29 is 19.4 Å². The average molecular weight is 494 g/mol. The molecule has 0 radical (unpaired) electrons. The quantitative estimate of drug-likeness (QED) is 0.445. The number of imidazole rings is 1. The second kappa shape index (κ2) is 8.70. The number of nitrogen functional groups attached to an aromatic ring is 1. The third-order valence-electron chi connectivity index (χ3n) is 9.12. The van der Waals surface area contributed by atoms with Crippen LogP contribution in [0.4, 0.5) is 5.82 Å². The molecule has 0 unspecified atom stereocenters. The van der Waals surface area contributed by atoms with Crippen LogP contribution in [0.5, 0.6) is 0 Å². The SMILES string of the molecule is C#C[C@]1(COC(=O)CCCC23CC4CC(CC(C4)C2)C3)O[C@@H](n2cnc3c(N)nc(C)nc32)C[C@@H]1O. The van der Waals surface area contributed by atoms with Crippen molar-refractivity contribution in [2.75, 3.05) is 12.3 Å². The van der Waals surface area contributed by atoms with Gasteiger partial charge in [0.05, 0.1) is 6.33 Å². The predicted molar refractivity (Wildman–Crippen MR) is 132 cm³/mol. The van der Waals surface area contributed by atoms with Crippen molar-refractivity contribution in [3.8, 4) is 12.3 Å². The van der Waals surface area contributed by atoms with Crippen LogP contribution in [0.2, 0.25) is 0 Å². The lowest BCUT2D eigenvalue weighted by atomic mass is 9.48. The molecule has 4 aliphatic carbocycles. The highest BCUT2D eigenvalue weighted by atomic mass is 16.6. The average Bonchev–Trinajstić information content (AvgIpc) is 3.38. The van der Waals surface area contributed by atoms with Gasteiger partial charge in [0.2, 0.25) is 0 Å². The number of rotatable bonds is 7. The smallest absolute Gasteiger partial charge is 0.305 e. The molecule has 5 fully saturated rings. The molecule has 3 heterocycles. The Bertz CT molecular complexity index is 1180. The molecule has 9 nitrogen and oxygen atoms in total. The van der Waals surface area contributed by atoms with E-state index in [2.05, 4.69) is 20.9 Å². The van der Waals surface area contributed by atoms with Crippen LogP contribution in [0, 0.1) is 42.4 Å². The molecule has 36 heavy (non-hydrogen) atoms. The molecule has 4 bridgehead atoms. The fraction of sp³-hybridized carbons (Fsp3) is 0.704. The molecule has 3 N–H and O–H groups in total. The maximum atomic E-state index is 12.6. The van der Waals surface area contributed by atoms with Gasteiger partial charge in [-0.1, -0.05) is 5.92 Å². The molecular weight excluding hydrogens is 458 g/mol. The van der Waals surface area contributed by atoms with Crippen molar-refractivity contribution in [2.24, 2.45) is 23.2 Å². The van der Waals surface area contributed by atoms with E-state index in [4.69, 9.17) is 21.6 Å². The summed E-state index contributed by atoms with van der Waals surface area (Å²) in [4.78, 5) is 25.5. The van der Waals surface area contributed by atoms with Crippen LogP contribution < -0.4 is 5.73 Å². The summed E-state index contributed by atoms with van der Waals surface area (Å²) in [7, 11) is 0. The predicted octanol–water partition coefficient (Wildman–Crippen LogP) is 3.30. The van der Waals surface area contributed by atoms with Gasteiger partial charge in [-0.15, -0.1) is 6.42 Å². The summed E-state index contributed by atoms with van der Waals surface area (Å²) in [5.41, 5.74) is 5.96. The first-order valence-electron chi connectivity index (χ1n) is 13.2. The first-order valence-corrected chi connectivity index (χ1v) is 13.2. The Kier molecular flexibility index (Phi) is 5.73. The number of aliphatic hydroxyl groups excluding tert-OH is 1. The second-order valence-corrected chi connectivity index (χ2v) is 11.8. The number of carbonyl (C=O) groups is 1. The Morgan fingerprint density at radius 3 is 2.61 bits per heavy atom. The zero-order chi connectivity index (χ0) is 25.1. The van der Waals surface area contributed by atoms with Gasteiger partial charge in [-0.25, -0.2) is 15.0 Å². The molecule has 2 aromatic rings. The zero-order valence-corrected chi connectivity index (χ0v) is 20.9. The molecule has 9 heteroatoms. The molecule has 3 atom stereocenters. The molecule has 1 saturated heterocycles. The van der Waals surface area contributed by atoms with Crippen molar-refractivity contribution in [3.05, 3.63) is 12.2 Å². The number of aromatic nitrogens is 4. The van der Waals surface area contributed by atoms with E-state index in [0.717, 1.165) is 30.6 Å². The van der Waals surface area contributed by atoms with Crippen molar-refractivity contribution in [2.45, 2.75) is 89.1 Å². The number of fused-ring (bicyclic) bond motifs is 1. The third-order valence-corrected chi connectivity index (χ3v) is 9.12. The standard InChI is InChI=1S/C27H35N5O4/c1-3-27(20(33)10-21(36-27)32-15-29-23-24(28)30-16(2)31-25(23)32)14-35-22(34)5-4-6-26-11-17-7-18(12-26)9-19(8-17)13-26/h1,15,17-21,33H,4-14H2,2H3,(H2,28,30,31)/t17?,18?,19?,20-,21+,26?,27+/m0/s1. The van der Waals surface area contributed by atoms with Crippen molar-refractivity contribution in [1.29, 1.82) is 0 Å². The summed E-state index contributed by atoms with van der Waals surface area (Å²) in [5.74, 6) is 5.77. The Labute approximate surface area is 211 Å². The Morgan fingerprint density at radius 2 is 1.94 bits per heavy atom. The van der Waals surface area contributed by atoms with Gasteiger partial charge in [0.25, 0.3) is 0 Å². The maximum Gasteiger partial charge on any atom is 0.305 e. The molecule has 1 aliphatic heterocycles. The Hall–Kier alpha value is -2.70. The summed E-state index contributed by atoms with van der Waals surface area (Å²) in [6.07, 6.45) is 16.5. The number of aryl methyl sites for hydroxylation is 1. The van der Waals surface area contributed by atoms with E-state index in [9.17, 15) is 9.90 Å². The van der Waals surface area contributed by atoms with Gasteiger partial charge in [-0.05, 0) is 81.5 Å². The van der Waals surface area contributed by atoms with Gasteiger partial charge in [0.1, 0.15) is 30.3 Å². The van der Waals surface area contributed by atoms with Crippen LogP contribution in [-0.2, 0) is 14.3 Å². The summed E-state index contributed by atoms with van der Waals surface area (Å²) in [6, 6.07) is 0. The van der Waals surface area contributed by atoms with Crippen LogP contribution in [0.25, 0.3) is 11.2 Å². The lowest BCUT2D eigenvalue weighted by Crippen LogP contribution is -2.46. The zero-order valence-electron chi connectivity index (χ0n) is 20.9. The number of esters is 1. The van der Waals surface area contributed by atoms with Crippen LogP contribution >= 0.6 is 0 Å². The fourth-order valence-electron chi connectivity index (χ4n) is 7.95. The highest BCUT2D eigenvalue weighted by Gasteiger charge is 2.51. The van der Waals surface area contributed by atoms with Crippen molar-refractivity contribution >= 4 is 23.0 Å². The van der Waals surface area contributed by atoms with Gasteiger partial charge in [0.15, 0.2) is 17.1 Å². The largest absolute Gasteiger partial charge is 0.461 e. The number of anilines is 1. The van der Waals surface area contributed by atoms with Crippen LogP contribution in [-0.4, -0.2) is 48.9 Å². The van der Waals surface area contributed by atoms with Crippen LogP contribution in [0.15, 0.2) is 6.33 Å². The number of nitrogens with two attached hydrogens (primary N) is 1. The molecule has 7 rings (SSSR count). The molecule has 192 valence electrons. The Morgan fingerprint density at radius 1 is 1.25 bits per heavy atom.